The van der Waals surface area contributed by atoms with Crippen LogP contribution in [-0.4, -0.2) is 51.6 Å². The number of nitrogens with zero attached hydrogens (tertiary/aromatic N) is 3. The quantitative estimate of drug-likeness (QED) is 0.768. The van der Waals surface area contributed by atoms with Gasteiger partial charge >= 0.3 is 0 Å². The number of hydrogen-bond acceptors (Lipinski definition) is 5. The van der Waals surface area contributed by atoms with Gasteiger partial charge in [0.1, 0.15) is 12.0 Å². The van der Waals surface area contributed by atoms with Crippen LogP contribution < -0.4 is 5.32 Å². The van der Waals surface area contributed by atoms with Crippen molar-refractivity contribution in [2.24, 2.45) is 5.92 Å². The van der Waals surface area contributed by atoms with Crippen molar-refractivity contribution in [1.82, 2.24) is 20.2 Å². The molecule has 6 heteroatoms. The third kappa shape index (κ3) is 4.75. The Morgan fingerprint density at radius 3 is 2.86 bits per heavy atom. The summed E-state index contributed by atoms with van der Waals surface area (Å²) in [4.78, 5) is 23.0. The molecule has 1 amide bonds. The molecular weight excluding hydrogens is 352 g/mol. The van der Waals surface area contributed by atoms with Crippen LogP contribution in [0.5, 0.6) is 0 Å². The molecule has 4 rings (SSSR count). The zero-order valence-corrected chi connectivity index (χ0v) is 16.2. The summed E-state index contributed by atoms with van der Waals surface area (Å²) in [6.45, 7) is 2.54. The van der Waals surface area contributed by atoms with Gasteiger partial charge in [-0.2, -0.15) is 0 Å². The zero-order chi connectivity index (χ0) is 19.3. The lowest BCUT2D eigenvalue weighted by atomic mass is 9.82. The van der Waals surface area contributed by atoms with Crippen LogP contribution in [0.25, 0.3) is 0 Å². The van der Waals surface area contributed by atoms with Gasteiger partial charge in [0.2, 0.25) is 0 Å². The summed E-state index contributed by atoms with van der Waals surface area (Å²) in [5.41, 5.74) is 4.02. The Bertz CT molecular complexity index is 822. The number of hydrogen-bond donors (Lipinski definition) is 2. The number of nitrogens with one attached hydrogen (secondary N) is 1. The van der Waals surface area contributed by atoms with Crippen molar-refractivity contribution in [3.8, 4) is 0 Å². The van der Waals surface area contributed by atoms with Gasteiger partial charge in [-0.3, -0.25) is 9.69 Å². The highest BCUT2D eigenvalue weighted by Crippen LogP contribution is 2.29. The number of β-amino-alcohol motifs (C(OH)–C–C–N with tert-alkyl or cyclic N) is 1. The highest BCUT2D eigenvalue weighted by atomic mass is 16.3. The van der Waals surface area contributed by atoms with E-state index in [2.05, 4.69) is 44.5 Å². The normalized spacial score (nSPS) is 18.2. The van der Waals surface area contributed by atoms with E-state index in [1.54, 1.807) is 6.07 Å². The maximum absolute atomic E-state index is 12.4. The molecule has 1 aromatic carbocycles. The highest BCUT2D eigenvalue weighted by molar-refractivity contribution is 5.92. The molecule has 0 bridgehead atoms. The minimum absolute atomic E-state index is 0.221. The van der Waals surface area contributed by atoms with Crippen LogP contribution in [0.2, 0.25) is 0 Å². The van der Waals surface area contributed by atoms with Crippen molar-refractivity contribution in [3.63, 3.8) is 0 Å². The number of carbonyl (C=O) groups excluding carboxylic acids is 1. The van der Waals surface area contributed by atoms with Crippen LogP contribution in [0.4, 0.5) is 0 Å². The molecule has 1 saturated carbocycles. The van der Waals surface area contributed by atoms with E-state index in [0.717, 1.165) is 31.6 Å². The van der Waals surface area contributed by atoms with E-state index in [1.807, 2.05) is 0 Å². The summed E-state index contributed by atoms with van der Waals surface area (Å²) in [5, 5.41) is 13.2. The summed E-state index contributed by atoms with van der Waals surface area (Å²) >= 11 is 0. The standard InChI is InChI=1S/C22H28N4O2/c27-20(14-26-9-8-17-6-1-2-7-18(17)13-26)12-23-22(28)21-11-19(24-15-25-21)10-16-4-3-5-16/h1-2,6-7,11,15-16,20,27H,3-5,8-10,12-14H2,(H,23,28)/t20-/m0/s1. The second-order valence-electron chi connectivity index (χ2n) is 8.01. The van der Waals surface area contributed by atoms with Gasteiger partial charge in [0.15, 0.2) is 0 Å². The number of fused-ring (bicyclic) bond motifs is 1. The van der Waals surface area contributed by atoms with Gasteiger partial charge in [0, 0.05) is 31.9 Å². The Balaban J connectivity index is 1.25. The maximum atomic E-state index is 12.4. The lowest BCUT2D eigenvalue weighted by Crippen LogP contribution is -2.42. The molecule has 0 radical (unpaired) electrons. The van der Waals surface area contributed by atoms with Crippen LogP contribution in [0, 0.1) is 5.92 Å². The Morgan fingerprint density at radius 2 is 2.07 bits per heavy atom. The number of aromatic nitrogens is 2. The Labute approximate surface area is 166 Å². The van der Waals surface area contributed by atoms with Gasteiger partial charge in [0.05, 0.1) is 6.10 Å². The SMILES string of the molecule is O=C(NC[C@H](O)CN1CCc2ccccc2C1)c1cc(CC2CCC2)ncn1. The molecule has 2 aliphatic rings. The summed E-state index contributed by atoms with van der Waals surface area (Å²) in [7, 11) is 0. The van der Waals surface area contributed by atoms with E-state index in [1.165, 1.54) is 36.7 Å². The van der Waals surface area contributed by atoms with E-state index in [4.69, 9.17) is 0 Å². The van der Waals surface area contributed by atoms with Crippen molar-refractivity contribution in [3.05, 3.63) is 59.2 Å². The van der Waals surface area contributed by atoms with E-state index >= 15 is 0 Å². The molecule has 0 saturated heterocycles. The first-order chi connectivity index (χ1) is 13.7. The van der Waals surface area contributed by atoms with Gasteiger partial charge in [0.25, 0.3) is 5.91 Å². The molecule has 2 aromatic rings. The van der Waals surface area contributed by atoms with Crippen molar-refractivity contribution < 1.29 is 9.90 Å². The number of aliphatic hydroxyl groups excluding tert-OH is 1. The van der Waals surface area contributed by atoms with E-state index in [0.29, 0.717) is 18.2 Å². The largest absolute Gasteiger partial charge is 0.390 e. The molecule has 0 spiro atoms. The fourth-order valence-corrected chi connectivity index (χ4v) is 4.00. The molecule has 1 aliphatic carbocycles. The highest BCUT2D eigenvalue weighted by Gasteiger charge is 2.21. The van der Waals surface area contributed by atoms with Crippen LogP contribution >= 0.6 is 0 Å². The molecule has 1 atom stereocenters. The van der Waals surface area contributed by atoms with Crippen LogP contribution in [0.1, 0.15) is 46.6 Å². The topological polar surface area (TPSA) is 78.4 Å². The predicted molar refractivity (Wildman–Crippen MR) is 107 cm³/mol. The van der Waals surface area contributed by atoms with Crippen molar-refractivity contribution in [1.29, 1.82) is 0 Å². The number of aliphatic hydroxyl groups is 1. The Kier molecular flexibility index (Phi) is 5.98. The molecule has 0 unspecified atom stereocenters. The minimum Gasteiger partial charge on any atom is -0.390 e. The number of rotatable bonds is 7. The summed E-state index contributed by atoms with van der Waals surface area (Å²) in [6.07, 6.45) is 6.57. The van der Waals surface area contributed by atoms with E-state index < -0.39 is 6.10 Å². The fourth-order valence-electron chi connectivity index (χ4n) is 4.00. The van der Waals surface area contributed by atoms with Crippen molar-refractivity contribution >= 4 is 5.91 Å². The van der Waals surface area contributed by atoms with Crippen LogP contribution in [0.3, 0.4) is 0 Å². The number of amides is 1. The molecule has 1 fully saturated rings. The lowest BCUT2D eigenvalue weighted by Gasteiger charge is -2.30. The molecule has 2 N–H and O–H groups in total. The lowest BCUT2D eigenvalue weighted by molar-refractivity contribution is 0.0837. The minimum atomic E-state index is -0.606. The molecule has 1 aliphatic heterocycles. The maximum Gasteiger partial charge on any atom is 0.270 e. The molecule has 6 nitrogen and oxygen atoms in total. The van der Waals surface area contributed by atoms with E-state index in [-0.39, 0.29) is 12.5 Å². The first-order valence-electron chi connectivity index (χ1n) is 10.2. The van der Waals surface area contributed by atoms with Gasteiger partial charge in [-0.15, -0.1) is 0 Å². The smallest absolute Gasteiger partial charge is 0.270 e. The molecule has 148 valence electrons. The number of carbonyl (C=O) groups is 1. The number of benzene rings is 1. The monoisotopic (exact) mass is 380 g/mol. The second-order valence-corrected chi connectivity index (χ2v) is 8.01. The van der Waals surface area contributed by atoms with Crippen LogP contribution in [0.15, 0.2) is 36.7 Å². The van der Waals surface area contributed by atoms with Gasteiger partial charge in [-0.25, -0.2) is 9.97 Å². The van der Waals surface area contributed by atoms with Gasteiger partial charge in [-0.05, 0) is 36.0 Å². The van der Waals surface area contributed by atoms with Crippen molar-refractivity contribution in [2.45, 2.75) is 44.8 Å². The Hall–Kier alpha value is -2.31. The summed E-state index contributed by atoms with van der Waals surface area (Å²) in [5.74, 6) is 0.447. The zero-order valence-electron chi connectivity index (χ0n) is 16.2. The molecule has 2 heterocycles. The molecule has 1 aromatic heterocycles. The fraction of sp³-hybridized carbons (Fsp3) is 0.500. The summed E-state index contributed by atoms with van der Waals surface area (Å²) < 4.78 is 0. The Morgan fingerprint density at radius 1 is 1.25 bits per heavy atom. The van der Waals surface area contributed by atoms with Crippen molar-refractivity contribution in [2.75, 3.05) is 19.6 Å². The molecular formula is C22H28N4O2. The average molecular weight is 380 g/mol. The third-order valence-electron chi connectivity index (χ3n) is 5.86. The summed E-state index contributed by atoms with van der Waals surface area (Å²) in [6, 6.07) is 10.2. The first kappa shape index (κ1) is 19.0. The molecule has 28 heavy (non-hydrogen) atoms. The van der Waals surface area contributed by atoms with E-state index in [9.17, 15) is 9.90 Å². The van der Waals surface area contributed by atoms with Gasteiger partial charge < -0.3 is 10.4 Å². The van der Waals surface area contributed by atoms with Crippen LogP contribution in [-0.2, 0) is 19.4 Å². The second kappa shape index (κ2) is 8.80. The predicted octanol–water partition coefficient (Wildman–Crippen LogP) is 1.97. The third-order valence-corrected chi connectivity index (χ3v) is 5.86. The van der Waals surface area contributed by atoms with Gasteiger partial charge in [-0.1, -0.05) is 43.5 Å². The first-order valence-corrected chi connectivity index (χ1v) is 10.2. The average Bonchev–Trinajstić information content (AvgIpc) is 2.69.